The molecule has 0 radical (unpaired) electrons. The monoisotopic (exact) mass is 330 g/mol. The van der Waals surface area contributed by atoms with Crippen LogP contribution < -0.4 is 0 Å². The first-order valence-corrected chi connectivity index (χ1v) is 8.63. The molecule has 0 aliphatic heterocycles. The van der Waals surface area contributed by atoms with Crippen molar-refractivity contribution in [1.82, 2.24) is 4.90 Å². The lowest BCUT2D eigenvalue weighted by Gasteiger charge is -2.12. The van der Waals surface area contributed by atoms with E-state index in [2.05, 4.69) is 17.0 Å². The first kappa shape index (κ1) is 17.5. The first-order valence-electron chi connectivity index (χ1n) is 7.65. The Labute approximate surface area is 141 Å². The van der Waals surface area contributed by atoms with Crippen LogP contribution in [0.2, 0.25) is 0 Å². The lowest BCUT2D eigenvalue weighted by molar-refractivity contribution is -0.385. The minimum atomic E-state index is -0.318. The molecule has 2 rings (SSSR count). The number of aryl methyl sites for hydroxylation is 1. The van der Waals surface area contributed by atoms with Crippen LogP contribution in [0.1, 0.15) is 17.5 Å². The molecule has 5 heteroatoms. The van der Waals surface area contributed by atoms with Gasteiger partial charge in [0.2, 0.25) is 0 Å². The van der Waals surface area contributed by atoms with Crippen molar-refractivity contribution in [3.8, 4) is 0 Å². The van der Waals surface area contributed by atoms with Crippen molar-refractivity contribution in [1.29, 1.82) is 0 Å². The van der Waals surface area contributed by atoms with E-state index in [1.54, 1.807) is 23.9 Å². The molecule has 0 atom stereocenters. The van der Waals surface area contributed by atoms with Crippen LogP contribution in [0.15, 0.2) is 53.4 Å². The van der Waals surface area contributed by atoms with E-state index in [1.165, 1.54) is 5.56 Å². The van der Waals surface area contributed by atoms with Crippen molar-refractivity contribution in [2.45, 2.75) is 23.5 Å². The highest BCUT2D eigenvalue weighted by Crippen LogP contribution is 2.30. The van der Waals surface area contributed by atoms with E-state index in [0.717, 1.165) is 35.6 Å². The van der Waals surface area contributed by atoms with Gasteiger partial charge in [0, 0.05) is 22.8 Å². The first-order chi connectivity index (χ1) is 11.1. The van der Waals surface area contributed by atoms with Crippen molar-refractivity contribution in [3.63, 3.8) is 0 Å². The predicted octanol–water partition coefficient (Wildman–Crippen LogP) is 4.38. The molecule has 122 valence electrons. The van der Waals surface area contributed by atoms with Crippen LogP contribution in [0.3, 0.4) is 0 Å². The van der Waals surface area contributed by atoms with Crippen molar-refractivity contribution in [2.24, 2.45) is 0 Å². The summed E-state index contributed by atoms with van der Waals surface area (Å²) in [5.41, 5.74) is 2.51. The number of nitrogens with zero attached hydrogens (tertiary/aromatic N) is 2. The van der Waals surface area contributed by atoms with Gasteiger partial charge < -0.3 is 4.90 Å². The van der Waals surface area contributed by atoms with E-state index >= 15 is 0 Å². The summed E-state index contributed by atoms with van der Waals surface area (Å²) in [5.74, 6) is 0.874. The number of nitro groups is 1. The molecule has 0 unspecified atom stereocenters. The quantitative estimate of drug-likeness (QED) is 0.409. The highest BCUT2D eigenvalue weighted by molar-refractivity contribution is 7.98. The van der Waals surface area contributed by atoms with E-state index in [9.17, 15) is 10.1 Å². The Morgan fingerprint density at radius 3 is 2.52 bits per heavy atom. The number of hydrogen-bond acceptors (Lipinski definition) is 4. The largest absolute Gasteiger partial charge is 0.309 e. The van der Waals surface area contributed by atoms with Crippen LogP contribution in [0.5, 0.6) is 0 Å². The summed E-state index contributed by atoms with van der Waals surface area (Å²) in [4.78, 5) is 14.0. The van der Waals surface area contributed by atoms with Crippen molar-refractivity contribution in [3.05, 3.63) is 69.8 Å². The van der Waals surface area contributed by atoms with Crippen molar-refractivity contribution < 1.29 is 4.92 Å². The standard InChI is InChI=1S/C18H22N2O2S/c1-19(2)12-6-9-16-13-17(20(21)22)10-11-18(16)23-14-15-7-4-3-5-8-15/h3-5,7-8,10-11,13H,6,9,12,14H2,1-2H3. The van der Waals surface area contributed by atoms with Crippen molar-refractivity contribution in [2.75, 3.05) is 20.6 Å². The molecule has 0 bridgehead atoms. The summed E-state index contributed by atoms with van der Waals surface area (Å²) in [6.07, 6.45) is 1.85. The molecule has 4 nitrogen and oxygen atoms in total. The van der Waals surface area contributed by atoms with Gasteiger partial charge in [0.25, 0.3) is 5.69 Å². The number of nitro benzene ring substituents is 1. The molecule has 0 aliphatic rings. The zero-order chi connectivity index (χ0) is 16.7. The zero-order valence-corrected chi connectivity index (χ0v) is 14.4. The highest BCUT2D eigenvalue weighted by atomic mass is 32.2. The minimum absolute atomic E-state index is 0.175. The normalized spacial score (nSPS) is 10.9. The van der Waals surface area contributed by atoms with E-state index < -0.39 is 0 Å². The Morgan fingerprint density at radius 2 is 1.87 bits per heavy atom. The molecule has 2 aromatic carbocycles. The second-order valence-electron chi connectivity index (χ2n) is 5.73. The van der Waals surface area contributed by atoms with Crippen LogP contribution in [-0.2, 0) is 12.2 Å². The molecule has 0 aliphatic carbocycles. The molecule has 0 aromatic heterocycles. The zero-order valence-electron chi connectivity index (χ0n) is 13.6. The van der Waals surface area contributed by atoms with Crippen LogP contribution in [-0.4, -0.2) is 30.5 Å². The van der Waals surface area contributed by atoms with Gasteiger partial charge in [-0.3, -0.25) is 10.1 Å². The van der Waals surface area contributed by atoms with Gasteiger partial charge in [-0.25, -0.2) is 0 Å². The summed E-state index contributed by atoms with van der Waals surface area (Å²) >= 11 is 1.74. The summed E-state index contributed by atoms with van der Waals surface area (Å²) in [5, 5.41) is 11.0. The molecular weight excluding hydrogens is 308 g/mol. The number of thioether (sulfide) groups is 1. The summed E-state index contributed by atoms with van der Waals surface area (Å²) in [6.45, 7) is 0.978. The van der Waals surface area contributed by atoms with Gasteiger partial charge in [-0.15, -0.1) is 11.8 Å². The molecular formula is C18H22N2O2S. The van der Waals surface area contributed by atoms with E-state index in [1.807, 2.05) is 38.4 Å². The Kier molecular flexibility index (Phi) is 6.62. The van der Waals surface area contributed by atoms with Crippen molar-refractivity contribution >= 4 is 17.4 Å². The lowest BCUT2D eigenvalue weighted by Crippen LogP contribution is -2.13. The lowest BCUT2D eigenvalue weighted by atomic mass is 10.1. The summed E-state index contributed by atoms with van der Waals surface area (Å²) < 4.78 is 0. The Hall–Kier alpha value is -1.85. The SMILES string of the molecule is CN(C)CCCc1cc([N+](=O)[O-])ccc1SCc1ccccc1. The van der Waals surface area contributed by atoms with Gasteiger partial charge >= 0.3 is 0 Å². The van der Waals surface area contributed by atoms with Gasteiger partial charge in [-0.05, 0) is 50.7 Å². The Morgan fingerprint density at radius 1 is 1.13 bits per heavy atom. The van der Waals surface area contributed by atoms with Crippen LogP contribution >= 0.6 is 11.8 Å². The third kappa shape index (κ3) is 5.69. The third-order valence-corrected chi connectivity index (χ3v) is 4.73. The van der Waals surface area contributed by atoms with E-state index in [4.69, 9.17) is 0 Å². The van der Waals surface area contributed by atoms with Gasteiger partial charge in [0.15, 0.2) is 0 Å². The summed E-state index contributed by atoms with van der Waals surface area (Å²) in [6, 6.07) is 15.5. The molecule has 0 spiro atoms. The maximum Gasteiger partial charge on any atom is 0.269 e. The average molecular weight is 330 g/mol. The molecule has 0 fully saturated rings. The fourth-order valence-corrected chi connectivity index (χ4v) is 3.36. The van der Waals surface area contributed by atoms with Crippen LogP contribution in [0, 0.1) is 10.1 Å². The number of rotatable bonds is 8. The van der Waals surface area contributed by atoms with E-state index in [-0.39, 0.29) is 10.6 Å². The predicted molar refractivity (Wildman–Crippen MR) is 96.0 cm³/mol. The van der Waals surface area contributed by atoms with Gasteiger partial charge in [-0.1, -0.05) is 30.3 Å². The average Bonchev–Trinajstić information content (AvgIpc) is 2.54. The van der Waals surface area contributed by atoms with Gasteiger partial charge in [-0.2, -0.15) is 0 Å². The van der Waals surface area contributed by atoms with Gasteiger partial charge in [0.05, 0.1) is 4.92 Å². The molecule has 0 saturated carbocycles. The number of non-ortho nitro benzene ring substituents is 1. The third-order valence-electron chi connectivity index (χ3n) is 3.54. The second-order valence-corrected chi connectivity index (χ2v) is 6.75. The number of benzene rings is 2. The smallest absolute Gasteiger partial charge is 0.269 e. The minimum Gasteiger partial charge on any atom is -0.309 e. The summed E-state index contributed by atoms with van der Waals surface area (Å²) in [7, 11) is 4.08. The fourth-order valence-electron chi connectivity index (χ4n) is 2.34. The maximum absolute atomic E-state index is 11.0. The molecule has 0 heterocycles. The molecule has 23 heavy (non-hydrogen) atoms. The van der Waals surface area contributed by atoms with Gasteiger partial charge in [0.1, 0.15) is 0 Å². The van der Waals surface area contributed by atoms with Crippen LogP contribution in [0.25, 0.3) is 0 Å². The fraction of sp³-hybridized carbons (Fsp3) is 0.333. The topological polar surface area (TPSA) is 46.4 Å². The number of hydrogen-bond donors (Lipinski definition) is 0. The maximum atomic E-state index is 11.0. The Bertz CT molecular complexity index is 645. The highest BCUT2D eigenvalue weighted by Gasteiger charge is 2.11. The molecule has 0 saturated heterocycles. The molecule has 2 aromatic rings. The van der Waals surface area contributed by atoms with E-state index in [0.29, 0.717) is 0 Å². The molecule has 0 amide bonds. The Balaban J connectivity index is 2.10. The molecule has 0 N–H and O–H groups in total. The second kappa shape index (κ2) is 8.70. The van der Waals surface area contributed by atoms with Crippen LogP contribution in [0.4, 0.5) is 5.69 Å².